The van der Waals surface area contributed by atoms with Crippen LogP contribution in [0.2, 0.25) is 0 Å². The summed E-state index contributed by atoms with van der Waals surface area (Å²) in [7, 11) is 0. The number of piperidine rings is 1. The van der Waals surface area contributed by atoms with E-state index in [9.17, 15) is 4.79 Å². The van der Waals surface area contributed by atoms with Gasteiger partial charge in [0.15, 0.2) is 0 Å². The number of halogens is 1. The summed E-state index contributed by atoms with van der Waals surface area (Å²) in [4.78, 5) is 13.8. The van der Waals surface area contributed by atoms with Gasteiger partial charge in [0.2, 0.25) is 5.91 Å². The summed E-state index contributed by atoms with van der Waals surface area (Å²) >= 11 is 3.56. The smallest absolute Gasteiger partial charge is 0.222 e. The molecule has 17 heavy (non-hydrogen) atoms. The van der Waals surface area contributed by atoms with Crippen molar-refractivity contribution < 1.29 is 4.79 Å². The summed E-state index contributed by atoms with van der Waals surface area (Å²) < 4.78 is 0. The number of alkyl halides is 1. The van der Waals surface area contributed by atoms with Crippen molar-refractivity contribution in [2.24, 2.45) is 0 Å². The lowest BCUT2D eigenvalue weighted by Gasteiger charge is -2.30. The van der Waals surface area contributed by atoms with Gasteiger partial charge in [0.25, 0.3) is 0 Å². The second-order valence-electron chi connectivity index (χ2n) is 4.56. The third-order valence-corrected chi connectivity index (χ3v) is 4.10. The Morgan fingerprint density at radius 3 is 2.65 bits per heavy atom. The van der Waals surface area contributed by atoms with E-state index >= 15 is 0 Å². The maximum absolute atomic E-state index is 11.8. The molecule has 0 aliphatic carbocycles. The normalized spacial score (nSPS) is 18.2. The molecule has 92 valence electrons. The van der Waals surface area contributed by atoms with Crippen molar-refractivity contribution in [2.75, 3.05) is 18.4 Å². The number of hydrogen-bond acceptors (Lipinski definition) is 1. The van der Waals surface area contributed by atoms with Crippen molar-refractivity contribution in [3.8, 4) is 0 Å². The third-order valence-electron chi connectivity index (χ3n) is 3.32. The maximum Gasteiger partial charge on any atom is 0.222 e. The molecule has 3 heteroatoms. The van der Waals surface area contributed by atoms with Gasteiger partial charge in [-0.2, -0.15) is 0 Å². The Morgan fingerprint density at radius 2 is 2.00 bits per heavy atom. The number of benzene rings is 1. The first-order chi connectivity index (χ1) is 8.31. The second-order valence-corrected chi connectivity index (χ2v) is 5.21. The largest absolute Gasteiger partial charge is 0.342 e. The van der Waals surface area contributed by atoms with Crippen LogP contribution in [0.15, 0.2) is 30.3 Å². The highest BCUT2D eigenvalue weighted by atomic mass is 79.9. The third kappa shape index (κ3) is 3.32. The summed E-state index contributed by atoms with van der Waals surface area (Å²) in [6.07, 6.45) is 2.93. The van der Waals surface area contributed by atoms with Gasteiger partial charge in [-0.25, -0.2) is 0 Å². The minimum absolute atomic E-state index is 0.318. The molecule has 0 aromatic heterocycles. The fourth-order valence-electron chi connectivity index (χ4n) is 2.29. The molecule has 1 fully saturated rings. The predicted octanol–water partition coefficient (Wildman–Crippen LogP) is 3.18. The van der Waals surface area contributed by atoms with Crippen LogP contribution < -0.4 is 0 Å². The van der Waals surface area contributed by atoms with E-state index in [2.05, 4.69) is 40.2 Å². The zero-order valence-electron chi connectivity index (χ0n) is 9.94. The van der Waals surface area contributed by atoms with Gasteiger partial charge in [-0.15, -0.1) is 0 Å². The van der Waals surface area contributed by atoms with Crippen molar-refractivity contribution in [3.05, 3.63) is 35.9 Å². The van der Waals surface area contributed by atoms with E-state index in [1.54, 1.807) is 0 Å². The Bertz CT molecular complexity index is 366. The standard InChI is InChI=1S/C14H18BrNO/c15-10-13(12-6-2-1-3-7-12)11-16-9-5-4-8-14(16)17/h1-3,6-7,13H,4-5,8-11H2. The highest BCUT2D eigenvalue weighted by Gasteiger charge is 2.21. The highest BCUT2D eigenvalue weighted by Crippen LogP contribution is 2.21. The summed E-state index contributed by atoms with van der Waals surface area (Å²) in [5.41, 5.74) is 1.31. The molecule has 1 amide bonds. The summed E-state index contributed by atoms with van der Waals surface area (Å²) in [6.45, 7) is 1.77. The molecular formula is C14H18BrNO. The molecule has 0 saturated carbocycles. The van der Waals surface area contributed by atoms with Gasteiger partial charge in [-0.1, -0.05) is 46.3 Å². The molecule has 0 spiro atoms. The molecular weight excluding hydrogens is 278 g/mol. The monoisotopic (exact) mass is 295 g/mol. The summed E-state index contributed by atoms with van der Waals surface area (Å²) in [6, 6.07) is 10.4. The van der Waals surface area contributed by atoms with E-state index < -0.39 is 0 Å². The SMILES string of the molecule is O=C1CCCCN1CC(CBr)c1ccccc1. The van der Waals surface area contributed by atoms with Crippen LogP contribution in [0.25, 0.3) is 0 Å². The number of hydrogen-bond donors (Lipinski definition) is 0. The van der Waals surface area contributed by atoms with Crippen LogP contribution in [0.5, 0.6) is 0 Å². The van der Waals surface area contributed by atoms with Gasteiger partial charge >= 0.3 is 0 Å². The van der Waals surface area contributed by atoms with E-state index in [4.69, 9.17) is 0 Å². The minimum atomic E-state index is 0.318. The molecule has 1 heterocycles. The number of nitrogens with zero attached hydrogens (tertiary/aromatic N) is 1. The second kappa shape index (κ2) is 6.20. The fraction of sp³-hybridized carbons (Fsp3) is 0.500. The van der Waals surface area contributed by atoms with Crippen molar-refractivity contribution >= 4 is 21.8 Å². The Morgan fingerprint density at radius 1 is 1.24 bits per heavy atom. The fourth-order valence-corrected chi connectivity index (χ4v) is 2.87. The number of carbonyl (C=O) groups excluding carboxylic acids is 1. The summed E-state index contributed by atoms with van der Waals surface area (Å²) in [5.74, 6) is 0.719. The molecule has 1 atom stereocenters. The number of amides is 1. The van der Waals surface area contributed by atoms with Gasteiger partial charge in [-0.05, 0) is 18.4 Å². The number of carbonyl (C=O) groups is 1. The van der Waals surface area contributed by atoms with Crippen LogP contribution in [-0.4, -0.2) is 29.2 Å². The van der Waals surface area contributed by atoms with Crippen LogP contribution in [-0.2, 0) is 4.79 Å². The van der Waals surface area contributed by atoms with Crippen molar-refractivity contribution in [1.29, 1.82) is 0 Å². The van der Waals surface area contributed by atoms with Crippen LogP contribution in [0.3, 0.4) is 0 Å². The molecule has 2 rings (SSSR count). The van der Waals surface area contributed by atoms with Crippen LogP contribution >= 0.6 is 15.9 Å². The first-order valence-corrected chi connectivity index (χ1v) is 7.32. The van der Waals surface area contributed by atoms with Gasteiger partial charge < -0.3 is 4.90 Å². The average Bonchev–Trinajstić information content (AvgIpc) is 2.39. The molecule has 1 aliphatic heterocycles. The van der Waals surface area contributed by atoms with Gasteiger partial charge in [0.05, 0.1) is 0 Å². The summed E-state index contributed by atoms with van der Waals surface area (Å²) in [5, 5.41) is 0.904. The number of rotatable bonds is 4. The quantitative estimate of drug-likeness (QED) is 0.781. The molecule has 0 bridgehead atoms. The van der Waals surface area contributed by atoms with E-state index in [-0.39, 0.29) is 0 Å². The lowest BCUT2D eigenvalue weighted by atomic mass is 9.99. The Hall–Kier alpha value is -0.830. The Balaban J connectivity index is 2.02. The molecule has 0 radical (unpaired) electrons. The molecule has 1 aromatic carbocycles. The molecule has 1 unspecified atom stereocenters. The maximum atomic E-state index is 11.8. The van der Waals surface area contributed by atoms with Gasteiger partial charge in [0.1, 0.15) is 0 Å². The van der Waals surface area contributed by atoms with Crippen LogP contribution in [0, 0.1) is 0 Å². The first-order valence-electron chi connectivity index (χ1n) is 6.20. The lowest BCUT2D eigenvalue weighted by molar-refractivity contribution is -0.133. The van der Waals surface area contributed by atoms with Gasteiger partial charge in [0, 0.05) is 30.8 Å². The minimum Gasteiger partial charge on any atom is -0.342 e. The van der Waals surface area contributed by atoms with Crippen molar-refractivity contribution in [2.45, 2.75) is 25.2 Å². The van der Waals surface area contributed by atoms with E-state index in [1.807, 2.05) is 11.0 Å². The lowest BCUT2D eigenvalue weighted by Crippen LogP contribution is -2.38. The predicted molar refractivity (Wildman–Crippen MR) is 73.4 cm³/mol. The van der Waals surface area contributed by atoms with Crippen LogP contribution in [0.1, 0.15) is 30.7 Å². The Labute approximate surface area is 111 Å². The molecule has 0 N–H and O–H groups in total. The van der Waals surface area contributed by atoms with E-state index in [1.165, 1.54) is 5.56 Å². The van der Waals surface area contributed by atoms with Crippen LogP contribution in [0.4, 0.5) is 0 Å². The highest BCUT2D eigenvalue weighted by molar-refractivity contribution is 9.09. The van der Waals surface area contributed by atoms with E-state index in [0.717, 1.165) is 37.7 Å². The van der Waals surface area contributed by atoms with Crippen molar-refractivity contribution in [1.82, 2.24) is 4.90 Å². The van der Waals surface area contributed by atoms with E-state index in [0.29, 0.717) is 11.8 Å². The molecule has 2 nitrogen and oxygen atoms in total. The van der Waals surface area contributed by atoms with Crippen molar-refractivity contribution in [3.63, 3.8) is 0 Å². The Kier molecular flexibility index (Phi) is 4.60. The zero-order chi connectivity index (χ0) is 12.1. The first kappa shape index (κ1) is 12.6. The number of likely N-dealkylation sites (tertiary alicyclic amines) is 1. The molecule has 1 saturated heterocycles. The molecule has 1 aliphatic rings. The topological polar surface area (TPSA) is 20.3 Å². The average molecular weight is 296 g/mol. The van der Waals surface area contributed by atoms with Gasteiger partial charge in [-0.3, -0.25) is 4.79 Å². The molecule has 1 aromatic rings. The zero-order valence-corrected chi connectivity index (χ0v) is 11.5.